The van der Waals surface area contributed by atoms with Crippen molar-refractivity contribution in [3.8, 4) is 0 Å². The smallest absolute Gasteiger partial charge is 0.238 e. The summed E-state index contributed by atoms with van der Waals surface area (Å²) in [6, 6.07) is 4.79. The van der Waals surface area contributed by atoms with Gasteiger partial charge in [0.25, 0.3) is 0 Å². The van der Waals surface area contributed by atoms with E-state index >= 15 is 0 Å². The highest BCUT2D eigenvalue weighted by Crippen LogP contribution is 2.24. The number of anilines is 1. The molecule has 0 aliphatic heterocycles. The summed E-state index contributed by atoms with van der Waals surface area (Å²) in [7, 11) is 1.53. The fourth-order valence-corrected chi connectivity index (χ4v) is 1.46. The monoisotopic (exact) mass is 289 g/mol. The fraction of sp³-hybridized carbons (Fsp3) is 0.273. The van der Waals surface area contributed by atoms with Crippen molar-refractivity contribution in [1.29, 1.82) is 0 Å². The van der Waals surface area contributed by atoms with Crippen LogP contribution in [0.1, 0.15) is 0 Å². The van der Waals surface area contributed by atoms with Gasteiger partial charge >= 0.3 is 0 Å². The van der Waals surface area contributed by atoms with Crippen molar-refractivity contribution in [2.75, 3.05) is 25.5 Å². The van der Waals surface area contributed by atoms with Crippen molar-refractivity contribution < 1.29 is 9.59 Å². The second-order valence-electron chi connectivity index (χ2n) is 3.45. The molecule has 18 heavy (non-hydrogen) atoms. The summed E-state index contributed by atoms with van der Waals surface area (Å²) in [5, 5.41) is 8.55. The van der Waals surface area contributed by atoms with E-state index in [9.17, 15) is 9.59 Å². The van der Waals surface area contributed by atoms with Crippen LogP contribution in [0.3, 0.4) is 0 Å². The van der Waals surface area contributed by atoms with Gasteiger partial charge in [-0.25, -0.2) is 0 Å². The Morgan fingerprint density at radius 3 is 2.39 bits per heavy atom. The standard InChI is InChI=1S/C11H13Cl2N3O2/c1-14-10(17)5-15-6-11(18)16-7-2-3-8(12)9(13)4-7/h2-4,15H,5-6H2,1H3,(H,14,17)(H,16,18). The maximum absolute atomic E-state index is 11.5. The lowest BCUT2D eigenvalue weighted by Gasteiger charge is -2.07. The highest BCUT2D eigenvalue weighted by atomic mass is 35.5. The average molecular weight is 290 g/mol. The average Bonchev–Trinajstić information content (AvgIpc) is 2.33. The second kappa shape index (κ2) is 7.20. The number of rotatable bonds is 5. The molecule has 0 bridgehead atoms. The highest BCUT2D eigenvalue weighted by Gasteiger charge is 2.05. The minimum atomic E-state index is -0.266. The van der Waals surface area contributed by atoms with Crippen molar-refractivity contribution in [1.82, 2.24) is 10.6 Å². The van der Waals surface area contributed by atoms with Crippen molar-refractivity contribution in [3.05, 3.63) is 28.2 Å². The van der Waals surface area contributed by atoms with Gasteiger partial charge in [0.2, 0.25) is 11.8 Å². The van der Waals surface area contributed by atoms with E-state index in [0.717, 1.165) is 0 Å². The van der Waals surface area contributed by atoms with Crippen molar-refractivity contribution in [2.24, 2.45) is 0 Å². The van der Waals surface area contributed by atoms with Gasteiger partial charge in [0.1, 0.15) is 0 Å². The molecule has 2 amide bonds. The van der Waals surface area contributed by atoms with Gasteiger partial charge in [0, 0.05) is 12.7 Å². The van der Waals surface area contributed by atoms with Crippen LogP contribution in [0.25, 0.3) is 0 Å². The van der Waals surface area contributed by atoms with Crippen LogP contribution in [-0.4, -0.2) is 32.0 Å². The van der Waals surface area contributed by atoms with Gasteiger partial charge in [-0.2, -0.15) is 0 Å². The quantitative estimate of drug-likeness (QED) is 0.765. The van der Waals surface area contributed by atoms with Crippen molar-refractivity contribution in [3.63, 3.8) is 0 Å². The number of nitrogens with one attached hydrogen (secondary N) is 3. The lowest BCUT2D eigenvalue weighted by atomic mass is 10.3. The summed E-state index contributed by atoms with van der Waals surface area (Å²) in [6.07, 6.45) is 0. The number of likely N-dealkylation sites (N-methyl/N-ethyl adjacent to an activating group) is 1. The molecule has 0 saturated heterocycles. The summed E-state index contributed by atoms with van der Waals surface area (Å²) in [4.78, 5) is 22.4. The zero-order valence-electron chi connectivity index (χ0n) is 9.72. The summed E-state index contributed by atoms with van der Waals surface area (Å²) < 4.78 is 0. The Hall–Kier alpha value is -1.30. The number of benzene rings is 1. The van der Waals surface area contributed by atoms with Crippen LogP contribution < -0.4 is 16.0 Å². The molecule has 0 saturated carbocycles. The van der Waals surface area contributed by atoms with Gasteiger partial charge in [-0.3, -0.25) is 14.9 Å². The van der Waals surface area contributed by atoms with Gasteiger partial charge in [0.05, 0.1) is 23.1 Å². The maximum atomic E-state index is 11.5. The van der Waals surface area contributed by atoms with E-state index in [1.165, 1.54) is 7.05 Å². The molecule has 7 heteroatoms. The van der Waals surface area contributed by atoms with Crippen LogP contribution in [0.4, 0.5) is 5.69 Å². The number of carbonyl (C=O) groups is 2. The van der Waals surface area contributed by atoms with Crippen molar-refractivity contribution in [2.45, 2.75) is 0 Å². The molecule has 0 spiro atoms. The minimum Gasteiger partial charge on any atom is -0.358 e. The topological polar surface area (TPSA) is 70.2 Å². The third-order valence-electron chi connectivity index (χ3n) is 2.05. The van der Waals surface area contributed by atoms with Gasteiger partial charge in [-0.05, 0) is 18.2 Å². The van der Waals surface area contributed by atoms with Crippen LogP contribution >= 0.6 is 23.2 Å². The van der Waals surface area contributed by atoms with Crippen LogP contribution in [0.15, 0.2) is 18.2 Å². The van der Waals surface area contributed by atoms with E-state index < -0.39 is 0 Å². The Morgan fingerprint density at radius 1 is 1.11 bits per heavy atom. The number of carbonyl (C=O) groups excluding carboxylic acids is 2. The molecule has 98 valence electrons. The first-order chi connectivity index (χ1) is 8.52. The molecule has 1 aromatic rings. The molecule has 0 unspecified atom stereocenters. The SMILES string of the molecule is CNC(=O)CNCC(=O)Nc1ccc(Cl)c(Cl)c1. The molecule has 5 nitrogen and oxygen atoms in total. The van der Waals surface area contributed by atoms with Gasteiger partial charge < -0.3 is 10.6 Å². The predicted molar refractivity (Wildman–Crippen MR) is 72.0 cm³/mol. The maximum Gasteiger partial charge on any atom is 0.238 e. The molecule has 1 rings (SSSR count). The molecule has 0 fully saturated rings. The van der Waals surface area contributed by atoms with E-state index in [-0.39, 0.29) is 24.9 Å². The second-order valence-corrected chi connectivity index (χ2v) is 4.27. The van der Waals surface area contributed by atoms with E-state index in [1.807, 2.05) is 0 Å². The Balaban J connectivity index is 2.40. The van der Waals surface area contributed by atoms with Gasteiger partial charge in [-0.1, -0.05) is 23.2 Å². The Morgan fingerprint density at radius 2 is 1.78 bits per heavy atom. The van der Waals surface area contributed by atoms with E-state index in [0.29, 0.717) is 15.7 Å². The Bertz CT molecular complexity index is 452. The molecular weight excluding hydrogens is 277 g/mol. The number of amides is 2. The van der Waals surface area contributed by atoms with E-state index in [2.05, 4.69) is 16.0 Å². The largest absolute Gasteiger partial charge is 0.358 e. The van der Waals surface area contributed by atoms with Crippen LogP contribution in [-0.2, 0) is 9.59 Å². The summed E-state index contributed by atoms with van der Waals surface area (Å²) in [5.74, 6) is -0.449. The highest BCUT2D eigenvalue weighted by molar-refractivity contribution is 6.42. The molecule has 1 aromatic carbocycles. The number of hydrogen-bond donors (Lipinski definition) is 3. The van der Waals surface area contributed by atoms with Gasteiger partial charge in [-0.15, -0.1) is 0 Å². The molecule has 0 aromatic heterocycles. The fourth-order valence-electron chi connectivity index (χ4n) is 1.16. The summed E-state index contributed by atoms with van der Waals surface area (Å²) in [6.45, 7) is 0.124. The van der Waals surface area contributed by atoms with E-state index in [1.54, 1.807) is 18.2 Å². The Kier molecular flexibility index (Phi) is 5.91. The zero-order valence-corrected chi connectivity index (χ0v) is 11.2. The normalized spacial score (nSPS) is 9.94. The van der Waals surface area contributed by atoms with Crippen LogP contribution in [0.2, 0.25) is 10.0 Å². The zero-order chi connectivity index (χ0) is 13.5. The van der Waals surface area contributed by atoms with E-state index in [4.69, 9.17) is 23.2 Å². The molecule has 0 heterocycles. The summed E-state index contributed by atoms with van der Waals surface area (Å²) >= 11 is 11.6. The molecule has 0 atom stereocenters. The van der Waals surface area contributed by atoms with Crippen LogP contribution in [0, 0.1) is 0 Å². The lowest BCUT2D eigenvalue weighted by Crippen LogP contribution is -2.36. The minimum absolute atomic E-state index is 0.0354. The third kappa shape index (κ3) is 4.91. The molecule has 0 aliphatic rings. The van der Waals surface area contributed by atoms with Crippen LogP contribution in [0.5, 0.6) is 0 Å². The number of hydrogen-bond acceptors (Lipinski definition) is 3. The predicted octanol–water partition coefficient (Wildman–Crippen LogP) is 1.27. The first-order valence-corrected chi connectivity index (χ1v) is 5.94. The molecular formula is C11H13Cl2N3O2. The first kappa shape index (κ1) is 14.8. The number of halogens is 2. The van der Waals surface area contributed by atoms with Gasteiger partial charge in [0.15, 0.2) is 0 Å². The Labute approximate surface area is 115 Å². The first-order valence-electron chi connectivity index (χ1n) is 5.19. The van der Waals surface area contributed by atoms with Crippen molar-refractivity contribution >= 4 is 40.7 Å². The lowest BCUT2D eigenvalue weighted by molar-refractivity contribution is -0.119. The third-order valence-corrected chi connectivity index (χ3v) is 2.79. The molecule has 3 N–H and O–H groups in total. The molecule has 0 radical (unpaired) electrons. The molecule has 0 aliphatic carbocycles. The summed E-state index contributed by atoms with van der Waals surface area (Å²) in [5.41, 5.74) is 0.552.